The van der Waals surface area contributed by atoms with Gasteiger partial charge in [0, 0.05) is 32.9 Å². The van der Waals surface area contributed by atoms with Crippen LogP contribution in [0.5, 0.6) is 0 Å². The van der Waals surface area contributed by atoms with Crippen molar-refractivity contribution in [3.8, 4) is 0 Å². The van der Waals surface area contributed by atoms with Crippen LogP contribution in [0.25, 0.3) is 0 Å². The summed E-state index contributed by atoms with van der Waals surface area (Å²) in [5, 5.41) is 10.8. The van der Waals surface area contributed by atoms with Crippen LogP contribution in [0.15, 0.2) is 47.6 Å². The molecule has 2 N–H and O–H groups in total. The largest absolute Gasteiger partial charge is 0.381 e. The first-order chi connectivity index (χ1) is 12.3. The summed E-state index contributed by atoms with van der Waals surface area (Å²) in [6.07, 6.45) is 3.70. The van der Waals surface area contributed by atoms with E-state index >= 15 is 0 Å². The Kier molecular flexibility index (Phi) is 11.7. The van der Waals surface area contributed by atoms with Crippen LogP contribution in [0.1, 0.15) is 24.6 Å². The number of nitrogens with one attached hydrogen (secondary N) is 2. The molecule has 0 unspecified atom stereocenters. The molecule has 1 heterocycles. The molecule has 0 bridgehead atoms. The van der Waals surface area contributed by atoms with Crippen molar-refractivity contribution >= 4 is 29.9 Å². The number of aromatic nitrogens is 2. The Morgan fingerprint density at radius 1 is 1.15 bits per heavy atom. The number of hydrogen-bond donors (Lipinski definition) is 2. The summed E-state index contributed by atoms with van der Waals surface area (Å²) in [6.45, 7) is 5.86. The van der Waals surface area contributed by atoms with Gasteiger partial charge in [0.05, 0.1) is 18.8 Å². The Bertz CT molecular complexity index is 630. The maximum absolute atomic E-state index is 5.70. The Labute approximate surface area is 173 Å². The number of aliphatic imine (C=N–C) groups is 1. The van der Waals surface area contributed by atoms with Gasteiger partial charge in [-0.2, -0.15) is 5.10 Å². The van der Waals surface area contributed by atoms with Crippen molar-refractivity contribution in [2.24, 2.45) is 12.0 Å². The molecule has 0 spiro atoms. The third kappa shape index (κ3) is 8.66. The third-order valence-corrected chi connectivity index (χ3v) is 3.80. The number of nitrogens with zero attached hydrogens (tertiary/aromatic N) is 3. The zero-order valence-corrected chi connectivity index (χ0v) is 18.0. The molecule has 0 aliphatic rings. The molecule has 2 rings (SSSR count). The lowest BCUT2D eigenvalue weighted by atomic mass is 10.2. The average molecular weight is 471 g/mol. The predicted molar refractivity (Wildman–Crippen MR) is 117 cm³/mol. The number of benzene rings is 1. The van der Waals surface area contributed by atoms with Gasteiger partial charge in [0.15, 0.2) is 5.96 Å². The Hall–Kier alpha value is -1.61. The van der Waals surface area contributed by atoms with Crippen LogP contribution in [0.4, 0.5) is 0 Å². The molecule has 1 aromatic carbocycles. The molecule has 2 aromatic rings. The first-order valence-corrected chi connectivity index (χ1v) is 8.90. The highest BCUT2D eigenvalue weighted by Crippen LogP contribution is 2.00. The summed E-state index contributed by atoms with van der Waals surface area (Å²) in [5.74, 6) is 0.827. The van der Waals surface area contributed by atoms with Crippen molar-refractivity contribution in [2.45, 2.75) is 26.3 Å². The van der Waals surface area contributed by atoms with Crippen LogP contribution in [0.3, 0.4) is 0 Å². The van der Waals surface area contributed by atoms with E-state index < -0.39 is 0 Å². The number of rotatable bonds is 10. The second-order valence-corrected chi connectivity index (χ2v) is 5.77. The maximum Gasteiger partial charge on any atom is 0.191 e. The monoisotopic (exact) mass is 471 g/mol. The third-order valence-electron chi connectivity index (χ3n) is 3.80. The fourth-order valence-corrected chi connectivity index (χ4v) is 2.38. The van der Waals surface area contributed by atoms with Gasteiger partial charge in [-0.15, -0.1) is 24.0 Å². The lowest BCUT2D eigenvalue weighted by Crippen LogP contribution is -2.38. The Balaban J connectivity index is 0.00000338. The van der Waals surface area contributed by atoms with Crippen LogP contribution < -0.4 is 10.6 Å². The maximum atomic E-state index is 5.70. The van der Waals surface area contributed by atoms with Gasteiger partial charge in [0.25, 0.3) is 0 Å². The van der Waals surface area contributed by atoms with E-state index in [0.29, 0.717) is 6.54 Å². The van der Waals surface area contributed by atoms with Gasteiger partial charge in [0.2, 0.25) is 0 Å². The van der Waals surface area contributed by atoms with E-state index in [1.807, 2.05) is 23.9 Å². The van der Waals surface area contributed by atoms with Gasteiger partial charge in [-0.3, -0.25) is 4.68 Å². The van der Waals surface area contributed by atoms with Gasteiger partial charge in [-0.25, -0.2) is 4.99 Å². The molecule has 0 atom stereocenters. The number of guanidine groups is 1. The molecule has 7 heteroatoms. The second-order valence-electron chi connectivity index (χ2n) is 5.77. The summed E-state index contributed by atoms with van der Waals surface area (Å²) in [7, 11) is 1.93. The first-order valence-electron chi connectivity index (χ1n) is 8.90. The second kappa shape index (κ2) is 13.6. The summed E-state index contributed by atoms with van der Waals surface area (Å²) in [5.41, 5.74) is 2.40. The van der Waals surface area contributed by atoms with Crippen molar-refractivity contribution in [1.29, 1.82) is 0 Å². The van der Waals surface area contributed by atoms with E-state index in [1.165, 1.54) is 5.56 Å². The molecule has 144 valence electrons. The standard InChI is InChI=1S/C19H29N5O.HI/c1-3-20-19(22-16-18-10-13-23-24(18)2)21-12-7-14-25-15-11-17-8-5-4-6-9-17;/h4-6,8-10,13H,3,7,11-12,14-16H2,1-2H3,(H2,20,21,22);1H. The number of ether oxygens (including phenoxy) is 1. The summed E-state index contributed by atoms with van der Waals surface area (Å²) >= 11 is 0. The van der Waals surface area contributed by atoms with E-state index in [0.717, 1.165) is 50.8 Å². The van der Waals surface area contributed by atoms with Crippen LogP contribution in [-0.4, -0.2) is 42.0 Å². The van der Waals surface area contributed by atoms with Gasteiger partial charge in [0.1, 0.15) is 0 Å². The smallest absolute Gasteiger partial charge is 0.191 e. The number of aryl methyl sites for hydroxylation is 1. The molecule has 0 fully saturated rings. The van der Waals surface area contributed by atoms with E-state index in [9.17, 15) is 0 Å². The van der Waals surface area contributed by atoms with E-state index in [2.05, 4.69) is 51.9 Å². The minimum absolute atomic E-state index is 0. The van der Waals surface area contributed by atoms with Crippen LogP contribution in [0, 0.1) is 0 Å². The predicted octanol–water partition coefficient (Wildman–Crippen LogP) is 2.74. The summed E-state index contributed by atoms with van der Waals surface area (Å²) in [4.78, 5) is 4.58. The zero-order valence-electron chi connectivity index (χ0n) is 15.6. The molecular weight excluding hydrogens is 441 g/mol. The van der Waals surface area contributed by atoms with Crippen molar-refractivity contribution < 1.29 is 4.74 Å². The van der Waals surface area contributed by atoms with Gasteiger partial charge in [-0.05, 0) is 31.4 Å². The van der Waals surface area contributed by atoms with E-state index in [4.69, 9.17) is 4.74 Å². The highest BCUT2D eigenvalue weighted by molar-refractivity contribution is 14.0. The number of halogens is 1. The summed E-state index contributed by atoms with van der Waals surface area (Å²) in [6, 6.07) is 12.4. The molecule has 0 amide bonds. The zero-order chi connectivity index (χ0) is 17.7. The minimum Gasteiger partial charge on any atom is -0.381 e. The molecule has 26 heavy (non-hydrogen) atoms. The number of hydrogen-bond acceptors (Lipinski definition) is 3. The molecule has 0 aliphatic carbocycles. The Morgan fingerprint density at radius 2 is 1.96 bits per heavy atom. The normalized spacial score (nSPS) is 11.1. The average Bonchev–Trinajstić information content (AvgIpc) is 3.04. The van der Waals surface area contributed by atoms with Gasteiger partial charge in [-0.1, -0.05) is 30.3 Å². The van der Waals surface area contributed by atoms with Crippen LogP contribution in [0.2, 0.25) is 0 Å². The fraction of sp³-hybridized carbons (Fsp3) is 0.474. The van der Waals surface area contributed by atoms with Crippen molar-refractivity contribution in [3.63, 3.8) is 0 Å². The van der Waals surface area contributed by atoms with Crippen molar-refractivity contribution in [1.82, 2.24) is 20.4 Å². The lowest BCUT2D eigenvalue weighted by Gasteiger charge is -2.11. The first kappa shape index (κ1) is 22.4. The van der Waals surface area contributed by atoms with Crippen LogP contribution in [-0.2, 0) is 24.8 Å². The van der Waals surface area contributed by atoms with Crippen molar-refractivity contribution in [2.75, 3.05) is 26.3 Å². The van der Waals surface area contributed by atoms with Gasteiger partial charge >= 0.3 is 0 Å². The molecule has 1 aromatic heterocycles. The molecule has 0 saturated heterocycles. The molecule has 0 aliphatic heterocycles. The topological polar surface area (TPSA) is 63.5 Å². The lowest BCUT2D eigenvalue weighted by molar-refractivity contribution is 0.135. The molecule has 0 saturated carbocycles. The van der Waals surface area contributed by atoms with E-state index in [1.54, 1.807) is 6.20 Å². The Morgan fingerprint density at radius 3 is 2.65 bits per heavy atom. The van der Waals surface area contributed by atoms with Crippen molar-refractivity contribution in [3.05, 3.63) is 53.9 Å². The highest BCUT2D eigenvalue weighted by atomic mass is 127. The van der Waals surface area contributed by atoms with E-state index in [-0.39, 0.29) is 24.0 Å². The SMILES string of the molecule is CCNC(=NCc1ccnn1C)NCCCOCCc1ccccc1.I. The summed E-state index contributed by atoms with van der Waals surface area (Å²) < 4.78 is 7.54. The highest BCUT2D eigenvalue weighted by Gasteiger charge is 2.00. The molecular formula is C19H30IN5O. The molecule has 0 radical (unpaired) electrons. The van der Waals surface area contributed by atoms with Gasteiger partial charge < -0.3 is 15.4 Å². The minimum atomic E-state index is 0. The molecule has 6 nitrogen and oxygen atoms in total. The fourth-order valence-electron chi connectivity index (χ4n) is 2.38. The quantitative estimate of drug-likeness (QED) is 0.242. The van der Waals surface area contributed by atoms with Crippen LogP contribution >= 0.6 is 24.0 Å².